The summed E-state index contributed by atoms with van der Waals surface area (Å²) in [4.78, 5) is 22.3. The zero-order valence-corrected chi connectivity index (χ0v) is 11.6. The third kappa shape index (κ3) is 6.91. The molecule has 0 aromatic heterocycles. The average molecular weight is 322 g/mol. The fourth-order valence-electron chi connectivity index (χ4n) is 1.36. The molecule has 1 aromatic rings. The standard InChI is InChI=1S/C13H14F4N2O3/c1-8-2-3-9(4-10(8)14)5-18-11(20)6-19-12(21)22-7-13(15,16)17/h2-4H,5-7H2,1H3,(H,18,20)(H,19,21). The number of nitrogens with one attached hydrogen (secondary N) is 2. The van der Waals surface area contributed by atoms with Gasteiger partial charge in [-0.1, -0.05) is 12.1 Å². The number of hydrogen-bond donors (Lipinski definition) is 2. The molecular formula is C13H14F4N2O3. The molecule has 0 spiro atoms. The monoisotopic (exact) mass is 322 g/mol. The van der Waals surface area contributed by atoms with Gasteiger partial charge in [0.2, 0.25) is 5.91 Å². The van der Waals surface area contributed by atoms with E-state index in [1.54, 1.807) is 19.1 Å². The minimum absolute atomic E-state index is 0.0231. The molecule has 2 amide bonds. The molecule has 5 nitrogen and oxygen atoms in total. The van der Waals surface area contributed by atoms with Crippen LogP contribution in [-0.2, 0) is 16.1 Å². The lowest BCUT2D eigenvalue weighted by Crippen LogP contribution is -2.38. The molecule has 0 atom stereocenters. The fourth-order valence-corrected chi connectivity index (χ4v) is 1.36. The number of hydrogen-bond acceptors (Lipinski definition) is 3. The summed E-state index contributed by atoms with van der Waals surface area (Å²) in [5.41, 5.74) is 0.972. The van der Waals surface area contributed by atoms with Gasteiger partial charge in [0.05, 0.1) is 0 Å². The van der Waals surface area contributed by atoms with Gasteiger partial charge in [0.15, 0.2) is 6.61 Å². The van der Waals surface area contributed by atoms with Crippen LogP contribution in [0, 0.1) is 12.7 Å². The van der Waals surface area contributed by atoms with Crippen LogP contribution in [-0.4, -0.2) is 31.3 Å². The van der Waals surface area contributed by atoms with E-state index in [1.165, 1.54) is 6.07 Å². The van der Waals surface area contributed by atoms with E-state index in [-0.39, 0.29) is 6.54 Å². The van der Waals surface area contributed by atoms with E-state index < -0.39 is 37.1 Å². The summed E-state index contributed by atoms with van der Waals surface area (Å²) in [6, 6.07) is 4.41. The minimum Gasteiger partial charge on any atom is -0.440 e. The number of halogens is 4. The van der Waals surface area contributed by atoms with E-state index in [0.717, 1.165) is 0 Å². The number of alkyl carbamates (subject to hydrolysis) is 1. The highest BCUT2D eigenvalue weighted by Crippen LogP contribution is 2.14. The maximum atomic E-state index is 13.3. The SMILES string of the molecule is Cc1ccc(CNC(=O)CNC(=O)OCC(F)(F)F)cc1F. The van der Waals surface area contributed by atoms with Gasteiger partial charge in [0.25, 0.3) is 0 Å². The predicted molar refractivity (Wildman–Crippen MR) is 68.4 cm³/mol. The molecule has 0 fully saturated rings. The zero-order valence-electron chi connectivity index (χ0n) is 11.6. The Morgan fingerprint density at radius 1 is 1.23 bits per heavy atom. The van der Waals surface area contributed by atoms with Gasteiger partial charge in [0.1, 0.15) is 12.4 Å². The molecule has 1 aromatic carbocycles. The van der Waals surface area contributed by atoms with Crippen LogP contribution in [0.3, 0.4) is 0 Å². The number of rotatable bonds is 5. The largest absolute Gasteiger partial charge is 0.440 e. The molecule has 2 N–H and O–H groups in total. The second kappa shape index (κ2) is 7.62. The van der Waals surface area contributed by atoms with Crippen molar-refractivity contribution in [3.05, 3.63) is 35.1 Å². The van der Waals surface area contributed by atoms with Crippen LogP contribution >= 0.6 is 0 Å². The molecule has 0 radical (unpaired) electrons. The average Bonchev–Trinajstić information content (AvgIpc) is 2.43. The fraction of sp³-hybridized carbons (Fsp3) is 0.385. The molecule has 9 heteroatoms. The molecule has 22 heavy (non-hydrogen) atoms. The number of aryl methyl sites for hydroxylation is 1. The Labute approximate surface area is 123 Å². The lowest BCUT2D eigenvalue weighted by molar-refractivity contribution is -0.160. The van der Waals surface area contributed by atoms with Crippen molar-refractivity contribution in [2.45, 2.75) is 19.6 Å². The highest BCUT2D eigenvalue weighted by Gasteiger charge is 2.29. The Morgan fingerprint density at radius 2 is 1.91 bits per heavy atom. The molecular weight excluding hydrogens is 308 g/mol. The third-order valence-electron chi connectivity index (χ3n) is 2.49. The van der Waals surface area contributed by atoms with Crippen molar-refractivity contribution in [3.8, 4) is 0 Å². The summed E-state index contributed by atoms with van der Waals surface area (Å²) in [6.07, 6.45) is -5.98. The van der Waals surface area contributed by atoms with E-state index in [1.807, 2.05) is 5.32 Å². The van der Waals surface area contributed by atoms with Gasteiger partial charge in [-0.05, 0) is 24.1 Å². The molecule has 0 unspecified atom stereocenters. The summed E-state index contributed by atoms with van der Waals surface area (Å²) < 4.78 is 52.4. The van der Waals surface area contributed by atoms with Crippen molar-refractivity contribution in [3.63, 3.8) is 0 Å². The molecule has 0 aliphatic rings. The van der Waals surface area contributed by atoms with E-state index in [2.05, 4.69) is 10.1 Å². The zero-order chi connectivity index (χ0) is 16.8. The van der Waals surface area contributed by atoms with E-state index in [0.29, 0.717) is 11.1 Å². The summed E-state index contributed by atoms with van der Waals surface area (Å²) >= 11 is 0. The lowest BCUT2D eigenvalue weighted by Gasteiger charge is -2.09. The molecule has 0 bridgehead atoms. The molecule has 122 valence electrons. The normalized spacial score (nSPS) is 11.0. The quantitative estimate of drug-likeness (QED) is 0.815. The maximum absolute atomic E-state index is 13.3. The highest BCUT2D eigenvalue weighted by molar-refractivity contribution is 5.82. The second-order valence-electron chi connectivity index (χ2n) is 4.41. The predicted octanol–water partition coefficient (Wildman–Crippen LogP) is 2.04. The highest BCUT2D eigenvalue weighted by atomic mass is 19.4. The smallest absolute Gasteiger partial charge is 0.422 e. The Bertz CT molecular complexity index is 547. The van der Waals surface area contributed by atoms with Crippen LogP contribution in [0.15, 0.2) is 18.2 Å². The number of carbonyl (C=O) groups is 2. The molecule has 0 heterocycles. The lowest BCUT2D eigenvalue weighted by atomic mass is 10.1. The van der Waals surface area contributed by atoms with Crippen molar-refractivity contribution in [1.29, 1.82) is 0 Å². The molecule has 0 aliphatic heterocycles. The number of benzene rings is 1. The Morgan fingerprint density at radius 3 is 2.50 bits per heavy atom. The maximum Gasteiger partial charge on any atom is 0.422 e. The Balaban J connectivity index is 2.28. The topological polar surface area (TPSA) is 67.4 Å². The van der Waals surface area contributed by atoms with Crippen molar-refractivity contribution >= 4 is 12.0 Å². The first kappa shape index (κ1) is 17.7. The molecule has 1 rings (SSSR count). The number of amides is 2. The number of ether oxygens (including phenoxy) is 1. The van der Waals surface area contributed by atoms with Crippen LogP contribution in [0.1, 0.15) is 11.1 Å². The van der Waals surface area contributed by atoms with Gasteiger partial charge >= 0.3 is 12.3 Å². The van der Waals surface area contributed by atoms with Crippen LogP contribution < -0.4 is 10.6 Å². The minimum atomic E-state index is -4.63. The van der Waals surface area contributed by atoms with Crippen molar-refractivity contribution < 1.29 is 31.9 Å². The van der Waals surface area contributed by atoms with Crippen molar-refractivity contribution in [2.24, 2.45) is 0 Å². The first-order valence-electron chi connectivity index (χ1n) is 6.16. The Kier molecular flexibility index (Phi) is 6.14. The third-order valence-corrected chi connectivity index (χ3v) is 2.49. The summed E-state index contributed by atoms with van der Waals surface area (Å²) in [5.74, 6) is -1.06. The first-order chi connectivity index (χ1) is 10.2. The van der Waals surface area contributed by atoms with Gasteiger partial charge in [-0.25, -0.2) is 9.18 Å². The van der Waals surface area contributed by atoms with Gasteiger partial charge in [-0.15, -0.1) is 0 Å². The van der Waals surface area contributed by atoms with Crippen molar-refractivity contribution in [2.75, 3.05) is 13.2 Å². The van der Waals surface area contributed by atoms with E-state index in [9.17, 15) is 27.2 Å². The Hall–Kier alpha value is -2.32. The van der Waals surface area contributed by atoms with Crippen LogP contribution in [0.5, 0.6) is 0 Å². The molecule has 0 saturated heterocycles. The van der Waals surface area contributed by atoms with Gasteiger partial charge in [-0.3, -0.25) is 4.79 Å². The van der Waals surface area contributed by atoms with Crippen molar-refractivity contribution in [1.82, 2.24) is 10.6 Å². The van der Waals surface area contributed by atoms with E-state index in [4.69, 9.17) is 0 Å². The summed E-state index contributed by atoms with van der Waals surface area (Å²) in [5, 5.41) is 4.24. The summed E-state index contributed by atoms with van der Waals surface area (Å²) in [7, 11) is 0. The first-order valence-corrected chi connectivity index (χ1v) is 6.16. The molecule has 0 saturated carbocycles. The summed E-state index contributed by atoms with van der Waals surface area (Å²) in [6.45, 7) is -0.669. The van der Waals surface area contributed by atoms with Crippen LogP contribution in [0.25, 0.3) is 0 Å². The van der Waals surface area contributed by atoms with Gasteiger partial charge in [0, 0.05) is 6.54 Å². The van der Waals surface area contributed by atoms with E-state index >= 15 is 0 Å². The number of alkyl halides is 3. The molecule has 0 aliphatic carbocycles. The van der Waals surface area contributed by atoms with Crippen LogP contribution in [0.4, 0.5) is 22.4 Å². The number of carbonyl (C=O) groups excluding carboxylic acids is 2. The van der Waals surface area contributed by atoms with Crippen LogP contribution in [0.2, 0.25) is 0 Å². The van der Waals surface area contributed by atoms with Gasteiger partial charge < -0.3 is 15.4 Å². The second-order valence-corrected chi connectivity index (χ2v) is 4.41. The van der Waals surface area contributed by atoms with Gasteiger partial charge in [-0.2, -0.15) is 13.2 Å².